The zero-order valence-electron chi connectivity index (χ0n) is 17.0. The molecule has 5 rings (SSSR count). The van der Waals surface area contributed by atoms with E-state index in [2.05, 4.69) is 28.4 Å². The monoisotopic (exact) mass is 384 g/mol. The summed E-state index contributed by atoms with van der Waals surface area (Å²) in [5.41, 5.74) is 1.12. The lowest BCUT2D eigenvalue weighted by Crippen LogP contribution is -2.48. The quantitative estimate of drug-likeness (QED) is 0.810. The minimum Gasteiger partial charge on any atom is -0.390 e. The smallest absolute Gasteiger partial charge is 0.162 e. The molecular formula is C22H32N4O2. The molecule has 3 saturated carbocycles. The molecule has 4 aliphatic carbocycles. The number of carbonyl (C=O) groups excluding carboxylic acids is 1. The number of ketones is 1. The van der Waals surface area contributed by atoms with Gasteiger partial charge in [-0.3, -0.25) is 4.79 Å². The normalized spacial score (nSPS) is 45.0. The van der Waals surface area contributed by atoms with Crippen LogP contribution < -0.4 is 0 Å². The summed E-state index contributed by atoms with van der Waals surface area (Å²) < 4.78 is 0. The number of fused-ring (bicyclic) bond motifs is 5. The van der Waals surface area contributed by atoms with E-state index >= 15 is 0 Å². The van der Waals surface area contributed by atoms with Crippen LogP contribution in [0, 0.1) is 35.0 Å². The van der Waals surface area contributed by atoms with Crippen molar-refractivity contribution in [2.45, 2.75) is 77.4 Å². The average Bonchev–Trinajstić information content (AvgIpc) is 3.27. The highest BCUT2D eigenvalue weighted by Crippen LogP contribution is 2.63. The fraction of sp³-hybridized carbons (Fsp3) is 0.818. The Bertz CT molecular complexity index is 786. The van der Waals surface area contributed by atoms with Crippen LogP contribution in [0.15, 0.2) is 18.0 Å². The minimum absolute atomic E-state index is 0.115. The predicted octanol–water partition coefficient (Wildman–Crippen LogP) is 3.18. The van der Waals surface area contributed by atoms with Crippen LogP contribution in [0.4, 0.5) is 0 Å². The first kappa shape index (κ1) is 18.5. The standard InChI is InChI=1S/C22H32N4O2/c1-21(28)9-7-15-14(11-21)3-4-17-16(15)8-10-22(2)18(17)5-6-19(22)20(27)12-26-24-13-23-25-26/h3,13,15-19,28H,4-12H2,1-2H3/t15-,16+,17+,18-,19+,21-,22-/m0/s1. The number of tetrazole rings is 1. The molecule has 3 fully saturated rings. The highest BCUT2D eigenvalue weighted by Gasteiger charge is 2.57. The molecule has 0 bridgehead atoms. The first-order chi connectivity index (χ1) is 13.4. The van der Waals surface area contributed by atoms with Crippen molar-refractivity contribution >= 4 is 5.78 Å². The lowest BCUT2D eigenvalue weighted by Gasteiger charge is -2.54. The number of hydrogen-bond acceptors (Lipinski definition) is 5. The summed E-state index contributed by atoms with van der Waals surface area (Å²) in [7, 11) is 0. The number of Topliss-reactive ketones (excluding diaryl/α,β-unsaturated/α-hetero) is 1. The van der Waals surface area contributed by atoms with Gasteiger partial charge in [0.2, 0.25) is 0 Å². The Balaban J connectivity index is 1.35. The van der Waals surface area contributed by atoms with Gasteiger partial charge in [-0.15, -0.1) is 10.2 Å². The van der Waals surface area contributed by atoms with Gasteiger partial charge >= 0.3 is 0 Å². The molecule has 1 heterocycles. The molecule has 6 heteroatoms. The van der Waals surface area contributed by atoms with E-state index in [1.165, 1.54) is 29.5 Å². The first-order valence-electron chi connectivity index (χ1n) is 11.0. The van der Waals surface area contributed by atoms with Crippen molar-refractivity contribution in [1.82, 2.24) is 20.2 Å². The Morgan fingerprint density at radius 3 is 2.86 bits per heavy atom. The Kier molecular flexibility index (Phi) is 4.27. The SMILES string of the molecule is C[C@]1(O)CC[C@H]2C(=CC[C@@H]3[C@@H]2CC[C@]2(C)[C@@H](C(=O)Cn4ncnn4)CC[C@@H]32)C1. The number of allylic oxidation sites excluding steroid dienone is 1. The van der Waals surface area contributed by atoms with Crippen molar-refractivity contribution in [2.75, 3.05) is 0 Å². The number of nitrogens with zero attached hydrogens (tertiary/aromatic N) is 4. The van der Waals surface area contributed by atoms with Gasteiger partial charge in [0.1, 0.15) is 6.54 Å². The van der Waals surface area contributed by atoms with Gasteiger partial charge in [0.05, 0.1) is 5.60 Å². The number of carbonyl (C=O) groups is 1. The maximum atomic E-state index is 13.1. The van der Waals surface area contributed by atoms with Crippen LogP contribution in [0.5, 0.6) is 0 Å². The molecule has 0 unspecified atom stereocenters. The van der Waals surface area contributed by atoms with E-state index in [1.54, 1.807) is 0 Å². The van der Waals surface area contributed by atoms with E-state index in [4.69, 9.17) is 0 Å². The molecule has 4 aliphatic rings. The second-order valence-electron chi connectivity index (χ2n) is 10.4. The molecule has 6 nitrogen and oxygen atoms in total. The van der Waals surface area contributed by atoms with Gasteiger partial charge in [0.25, 0.3) is 0 Å². The topological polar surface area (TPSA) is 80.9 Å². The predicted molar refractivity (Wildman–Crippen MR) is 104 cm³/mol. The van der Waals surface area contributed by atoms with Crippen molar-refractivity contribution in [3.63, 3.8) is 0 Å². The zero-order valence-corrected chi connectivity index (χ0v) is 17.0. The molecule has 0 spiro atoms. The summed E-state index contributed by atoms with van der Waals surface area (Å²) in [4.78, 5) is 14.5. The Morgan fingerprint density at radius 2 is 2.07 bits per heavy atom. The third-order valence-electron chi connectivity index (χ3n) is 8.79. The van der Waals surface area contributed by atoms with Crippen LogP contribution in [0.25, 0.3) is 0 Å². The Labute approximate surface area is 166 Å². The Hall–Kier alpha value is -1.56. The fourth-order valence-corrected chi connectivity index (χ4v) is 7.51. The number of hydrogen-bond donors (Lipinski definition) is 1. The molecule has 0 radical (unpaired) electrons. The maximum Gasteiger partial charge on any atom is 0.162 e. The number of aromatic nitrogens is 4. The summed E-state index contributed by atoms with van der Waals surface area (Å²) in [6.07, 6.45) is 12.5. The van der Waals surface area contributed by atoms with E-state index < -0.39 is 5.60 Å². The molecule has 0 saturated heterocycles. The van der Waals surface area contributed by atoms with Crippen LogP contribution >= 0.6 is 0 Å². The molecule has 152 valence electrons. The van der Waals surface area contributed by atoms with E-state index in [-0.39, 0.29) is 23.7 Å². The van der Waals surface area contributed by atoms with Crippen molar-refractivity contribution < 1.29 is 9.90 Å². The van der Waals surface area contributed by atoms with Crippen molar-refractivity contribution in [3.05, 3.63) is 18.0 Å². The number of rotatable bonds is 3. The molecular weight excluding hydrogens is 352 g/mol. The largest absolute Gasteiger partial charge is 0.390 e. The van der Waals surface area contributed by atoms with E-state index in [0.717, 1.165) is 44.4 Å². The van der Waals surface area contributed by atoms with Crippen LogP contribution in [0.1, 0.15) is 65.2 Å². The average molecular weight is 385 g/mol. The third kappa shape index (κ3) is 2.87. The molecule has 0 aromatic carbocycles. The maximum absolute atomic E-state index is 13.1. The zero-order chi connectivity index (χ0) is 19.5. The molecule has 0 amide bonds. The second kappa shape index (κ2) is 6.48. The first-order valence-corrected chi connectivity index (χ1v) is 11.0. The van der Waals surface area contributed by atoms with Gasteiger partial charge in [0, 0.05) is 5.92 Å². The molecule has 1 aromatic heterocycles. The van der Waals surface area contributed by atoms with Crippen LogP contribution in [-0.4, -0.2) is 36.7 Å². The summed E-state index contributed by atoms with van der Waals surface area (Å²) in [6, 6.07) is 0. The van der Waals surface area contributed by atoms with Crippen molar-refractivity contribution in [2.24, 2.45) is 35.0 Å². The minimum atomic E-state index is -0.515. The van der Waals surface area contributed by atoms with Crippen molar-refractivity contribution in [1.29, 1.82) is 0 Å². The number of aliphatic hydroxyl groups is 1. The van der Waals surface area contributed by atoms with Gasteiger partial charge in [-0.05, 0) is 92.6 Å². The van der Waals surface area contributed by atoms with Gasteiger partial charge in [-0.2, -0.15) is 4.80 Å². The fourth-order valence-electron chi connectivity index (χ4n) is 7.51. The highest BCUT2D eigenvalue weighted by atomic mass is 16.3. The van der Waals surface area contributed by atoms with Crippen LogP contribution in [0.3, 0.4) is 0 Å². The van der Waals surface area contributed by atoms with Crippen LogP contribution in [0.2, 0.25) is 0 Å². The second-order valence-corrected chi connectivity index (χ2v) is 10.4. The summed E-state index contributed by atoms with van der Waals surface area (Å²) >= 11 is 0. The lowest BCUT2D eigenvalue weighted by molar-refractivity contribution is -0.130. The van der Waals surface area contributed by atoms with E-state index in [9.17, 15) is 9.90 Å². The van der Waals surface area contributed by atoms with Gasteiger partial charge < -0.3 is 5.11 Å². The summed E-state index contributed by atoms with van der Waals surface area (Å²) in [5, 5.41) is 22.1. The van der Waals surface area contributed by atoms with Gasteiger partial charge in [-0.25, -0.2) is 0 Å². The molecule has 28 heavy (non-hydrogen) atoms. The summed E-state index contributed by atoms with van der Waals surface area (Å²) in [5.74, 6) is 3.17. The van der Waals surface area contributed by atoms with E-state index in [0.29, 0.717) is 17.8 Å². The third-order valence-corrected chi connectivity index (χ3v) is 8.79. The summed E-state index contributed by atoms with van der Waals surface area (Å²) in [6.45, 7) is 4.62. The lowest BCUT2D eigenvalue weighted by atomic mass is 9.51. The van der Waals surface area contributed by atoms with Crippen molar-refractivity contribution in [3.8, 4) is 0 Å². The van der Waals surface area contributed by atoms with E-state index in [1.807, 2.05) is 6.92 Å². The van der Waals surface area contributed by atoms with Crippen LogP contribution in [-0.2, 0) is 11.3 Å². The molecule has 1 aromatic rings. The highest BCUT2D eigenvalue weighted by molar-refractivity contribution is 5.81. The molecule has 1 N–H and O–H groups in total. The van der Waals surface area contributed by atoms with Gasteiger partial charge in [0.15, 0.2) is 12.1 Å². The van der Waals surface area contributed by atoms with Gasteiger partial charge in [-0.1, -0.05) is 18.6 Å². The molecule has 0 aliphatic heterocycles. The molecule has 7 atom stereocenters. The Morgan fingerprint density at radius 1 is 1.21 bits per heavy atom.